The van der Waals surface area contributed by atoms with Gasteiger partial charge < -0.3 is 20.1 Å². The van der Waals surface area contributed by atoms with Crippen LogP contribution >= 0.6 is 0 Å². The van der Waals surface area contributed by atoms with Crippen molar-refractivity contribution in [3.05, 3.63) is 52.8 Å². The number of nitrogens with two attached hydrogens (primary N) is 1. The zero-order valence-corrected chi connectivity index (χ0v) is 17.8. The molecule has 6 nitrogen and oxygen atoms in total. The van der Waals surface area contributed by atoms with E-state index in [9.17, 15) is 4.79 Å². The Kier molecular flexibility index (Phi) is 4.65. The Bertz CT molecular complexity index is 1120. The first-order valence-corrected chi connectivity index (χ1v) is 10.9. The van der Waals surface area contributed by atoms with Crippen molar-refractivity contribution in [2.24, 2.45) is 0 Å². The van der Waals surface area contributed by atoms with Crippen molar-refractivity contribution in [2.75, 3.05) is 36.8 Å². The van der Waals surface area contributed by atoms with E-state index in [1.165, 1.54) is 22.3 Å². The monoisotopic (exact) mass is 403 g/mol. The number of benzene rings is 1. The summed E-state index contributed by atoms with van der Waals surface area (Å²) >= 11 is 0. The normalized spacial score (nSPS) is 16.3. The molecular formula is C24H29N5O. The fourth-order valence-electron chi connectivity index (χ4n) is 5.06. The number of aromatic nitrogens is 2. The van der Waals surface area contributed by atoms with E-state index in [2.05, 4.69) is 46.5 Å². The van der Waals surface area contributed by atoms with E-state index >= 15 is 0 Å². The number of rotatable bonds is 3. The van der Waals surface area contributed by atoms with Crippen molar-refractivity contribution in [2.45, 2.75) is 39.7 Å². The maximum absolute atomic E-state index is 13.2. The summed E-state index contributed by atoms with van der Waals surface area (Å²) in [5, 5.41) is 1.16. The summed E-state index contributed by atoms with van der Waals surface area (Å²) in [6.07, 6.45) is 4.49. The lowest BCUT2D eigenvalue weighted by Gasteiger charge is -2.35. The fraction of sp³-hybridized carbons (Fsp3) is 0.417. The molecule has 5 rings (SSSR count). The zero-order valence-electron chi connectivity index (χ0n) is 17.8. The van der Waals surface area contributed by atoms with Crippen molar-refractivity contribution in [3.63, 3.8) is 0 Å². The smallest absolute Gasteiger partial charge is 0.227 e. The second kappa shape index (κ2) is 7.35. The van der Waals surface area contributed by atoms with Crippen molar-refractivity contribution in [1.29, 1.82) is 0 Å². The molecule has 0 radical (unpaired) electrons. The van der Waals surface area contributed by atoms with Crippen LogP contribution in [0.3, 0.4) is 0 Å². The molecule has 2 aliphatic heterocycles. The number of carbonyl (C=O) groups excluding carboxylic acids is 1. The highest BCUT2D eigenvalue weighted by Crippen LogP contribution is 2.35. The summed E-state index contributed by atoms with van der Waals surface area (Å²) in [6, 6.07) is 8.27. The maximum Gasteiger partial charge on any atom is 0.227 e. The largest absolute Gasteiger partial charge is 0.399 e. The van der Waals surface area contributed by atoms with Gasteiger partial charge in [-0.25, -0.2) is 4.98 Å². The molecule has 0 spiro atoms. The summed E-state index contributed by atoms with van der Waals surface area (Å²) in [7, 11) is 0. The van der Waals surface area contributed by atoms with Crippen LogP contribution in [-0.2, 0) is 24.2 Å². The first kappa shape index (κ1) is 19.0. The van der Waals surface area contributed by atoms with Crippen LogP contribution in [0.5, 0.6) is 0 Å². The van der Waals surface area contributed by atoms with Crippen LogP contribution in [-0.4, -0.2) is 46.5 Å². The third-order valence-electron chi connectivity index (χ3n) is 6.66. The minimum Gasteiger partial charge on any atom is -0.399 e. The third kappa shape index (κ3) is 3.20. The molecule has 1 aromatic carbocycles. The number of anilines is 2. The van der Waals surface area contributed by atoms with Crippen molar-refractivity contribution >= 4 is 28.3 Å². The highest BCUT2D eigenvalue weighted by molar-refractivity contribution is 5.94. The second-order valence-corrected chi connectivity index (χ2v) is 8.63. The number of nitrogens with zero attached hydrogens (tertiary/aromatic N) is 4. The molecule has 1 fully saturated rings. The third-order valence-corrected chi connectivity index (χ3v) is 6.66. The van der Waals surface area contributed by atoms with E-state index in [0.29, 0.717) is 6.42 Å². The molecule has 2 aromatic heterocycles. The molecule has 3 aromatic rings. The molecule has 4 heterocycles. The van der Waals surface area contributed by atoms with E-state index in [4.69, 9.17) is 5.73 Å². The van der Waals surface area contributed by atoms with Crippen molar-refractivity contribution in [3.8, 4) is 0 Å². The lowest BCUT2D eigenvalue weighted by molar-refractivity contribution is -0.130. The first-order valence-electron chi connectivity index (χ1n) is 10.9. The molecule has 0 bridgehead atoms. The lowest BCUT2D eigenvalue weighted by atomic mass is 10.00. The van der Waals surface area contributed by atoms with Gasteiger partial charge in [0.1, 0.15) is 5.82 Å². The molecule has 2 N–H and O–H groups in total. The molecule has 0 saturated carbocycles. The number of aryl methyl sites for hydroxylation is 3. The topological polar surface area (TPSA) is 67.4 Å². The van der Waals surface area contributed by atoms with Gasteiger partial charge in [-0.05, 0) is 67.6 Å². The van der Waals surface area contributed by atoms with Crippen LogP contribution in [0.4, 0.5) is 11.5 Å². The van der Waals surface area contributed by atoms with Gasteiger partial charge in [0.05, 0.1) is 11.9 Å². The minimum atomic E-state index is 0.206. The van der Waals surface area contributed by atoms with Gasteiger partial charge in [-0.3, -0.25) is 4.79 Å². The lowest BCUT2D eigenvalue weighted by Crippen LogP contribution is -2.49. The van der Waals surface area contributed by atoms with Gasteiger partial charge in [-0.2, -0.15) is 0 Å². The Balaban J connectivity index is 1.34. The van der Waals surface area contributed by atoms with E-state index < -0.39 is 0 Å². The Hall–Kier alpha value is -3.02. The van der Waals surface area contributed by atoms with Gasteiger partial charge in [-0.1, -0.05) is 0 Å². The van der Waals surface area contributed by atoms with E-state index in [0.717, 1.165) is 68.0 Å². The van der Waals surface area contributed by atoms with Gasteiger partial charge in [0.25, 0.3) is 0 Å². The number of amides is 1. The van der Waals surface area contributed by atoms with E-state index in [1.54, 1.807) is 0 Å². The Morgan fingerprint density at radius 1 is 1.10 bits per heavy atom. The maximum atomic E-state index is 13.2. The SMILES string of the molecule is Cc1ccnc(N2CCN(C(=O)Cc3c(C)n4c5c(cc(N)cc35)CCC4)CC2)c1. The molecule has 0 atom stereocenters. The number of hydrogen-bond donors (Lipinski definition) is 1. The van der Waals surface area contributed by atoms with Gasteiger partial charge in [0.15, 0.2) is 0 Å². The quantitative estimate of drug-likeness (QED) is 0.683. The van der Waals surface area contributed by atoms with Crippen LogP contribution in [0.15, 0.2) is 30.5 Å². The van der Waals surface area contributed by atoms with E-state index in [1.807, 2.05) is 17.2 Å². The molecule has 156 valence electrons. The van der Waals surface area contributed by atoms with E-state index in [-0.39, 0.29) is 5.91 Å². The summed E-state index contributed by atoms with van der Waals surface area (Å²) in [4.78, 5) is 22.0. The minimum absolute atomic E-state index is 0.206. The van der Waals surface area contributed by atoms with Crippen molar-refractivity contribution in [1.82, 2.24) is 14.5 Å². The standard InChI is InChI=1S/C24H29N5O/c1-16-5-6-26-22(12-16)27-8-10-28(11-9-27)23(30)15-20-17(2)29-7-3-4-18-13-19(25)14-21(20)24(18)29/h5-6,12-14H,3-4,7-11,15,25H2,1-2H3. The highest BCUT2D eigenvalue weighted by atomic mass is 16.2. The Labute approximate surface area is 177 Å². The Morgan fingerprint density at radius 3 is 2.67 bits per heavy atom. The average Bonchev–Trinajstić information content (AvgIpc) is 3.01. The van der Waals surface area contributed by atoms with Gasteiger partial charge in [-0.15, -0.1) is 0 Å². The molecule has 1 saturated heterocycles. The summed E-state index contributed by atoms with van der Waals surface area (Å²) in [5.74, 6) is 1.21. The fourth-order valence-corrected chi connectivity index (χ4v) is 5.06. The van der Waals surface area contributed by atoms with Gasteiger partial charge in [0.2, 0.25) is 5.91 Å². The number of carbonyl (C=O) groups is 1. The number of pyridine rings is 1. The average molecular weight is 404 g/mol. The van der Waals surface area contributed by atoms with Crippen molar-refractivity contribution < 1.29 is 4.79 Å². The van der Waals surface area contributed by atoms with Gasteiger partial charge in [0, 0.05) is 55.7 Å². The zero-order chi connectivity index (χ0) is 20.8. The predicted molar refractivity (Wildman–Crippen MR) is 121 cm³/mol. The highest BCUT2D eigenvalue weighted by Gasteiger charge is 2.26. The number of nitrogen functional groups attached to an aromatic ring is 1. The molecule has 30 heavy (non-hydrogen) atoms. The molecule has 6 heteroatoms. The van der Waals surface area contributed by atoms with Crippen LogP contribution in [0.2, 0.25) is 0 Å². The molecule has 0 aliphatic carbocycles. The molecule has 2 aliphatic rings. The Morgan fingerprint density at radius 2 is 1.90 bits per heavy atom. The van der Waals surface area contributed by atoms with Crippen LogP contribution in [0.25, 0.3) is 10.9 Å². The summed E-state index contributed by atoms with van der Waals surface area (Å²) < 4.78 is 2.39. The molecule has 0 unspecified atom stereocenters. The second-order valence-electron chi connectivity index (χ2n) is 8.63. The predicted octanol–water partition coefficient (Wildman–Crippen LogP) is 3.07. The van der Waals surface area contributed by atoms with Crippen LogP contribution in [0, 0.1) is 13.8 Å². The summed E-state index contributed by atoms with van der Waals surface area (Å²) in [5.41, 5.74) is 13.2. The first-order chi connectivity index (χ1) is 14.5. The van der Waals surface area contributed by atoms with Crippen LogP contribution < -0.4 is 10.6 Å². The van der Waals surface area contributed by atoms with Crippen LogP contribution in [0.1, 0.15) is 28.8 Å². The number of piperazine rings is 1. The van der Waals surface area contributed by atoms with Gasteiger partial charge >= 0.3 is 0 Å². The molecule has 1 amide bonds. The summed E-state index contributed by atoms with van der Waals surface area (Å²) in [6.45, 7) is 8.36. The number of hydrogen-bond acceptors (Lipinski definition) is 4. The molecular weight excluding hydrogens is 374 g/mol.